The second-order valence-electron chi connectivity index (χ2n) is 6.18. The maximum atomic E-state index is 13.0. The molecule has 3 aromatic heterocycles. The molecule has 1 unspecified atom stereocenters. The second kappa shape index (κ2) is 7.40. The van der Waals surface area contributed by atoms with Gasteiger partial charge in [0.1, 0.15) is 10.8 Å². The van der Waals surface area contributed by atoms with E-state index in [4.69, 9.17) is 16.6 Å². The maximum Gasteiger partial charge on any atom is 0.299 e. The lowest BCUT2D eigenvalue weighted by Crippen LogP contribution is -2.10. The minimum atomic E-state index is -2.75. The molecule has 0 aliphatic rings. The summed E-state index contributed by atoms with van der Waals surface area (Å²) in [6.45, 7) is 3.95. The zero-order valence-corrected chi connectivity index (χ0v) is 16.5. The number of nitrogens with one attached hydrogen (secondary N) is 1. The fraction of sp³-hybridized carbons (Fsp3) is 0.222. The first kappa shape index (κ1) is 18.7. The van der Waals surface area contributed by atoms with Crippen LogP contribution in [-0.4, -0.2) is 24.8 Å². The van der Waals surface area contributed by atoms with Gasteiger partial charge in [0, 0.05) is 15.5 Å². The number of rotatable bonds is 5. The van der Waals surface area contributed by atoms with Crippen molar-refractivity contribution in [3.8, 4) is 11.3 Å². The second-order valence-corrected chi connectivity index (χ2v) is 7.85. The molecule has 1 N–H and O–H groups in total. The Hall–Kier alpha value is -2.65. The van der Waals surface area contributed by atoms with E-state index in [9.17, 15) is 8.78 Å². The summed E-state index contributed by atoms with van der Waals surface area (Å²) in [6.07, 6.45) is -2.75. The number of anilines is 1. The van der Waals surface area contributed by atoms with E-state index in [0.717, 1.165) is 25.7 Å². The summed E-state index contributed by atoms with van der Waals surface area (Å²) in [5, 5.41) is 16.1. The monoisotopic (exact) mass is 420 g/mol. The number of hydrogen-bond donors (Lipinski definition) is 1. The molecule has 28 heavy (non-hydrogen) atoms. The molecule has 0 saturated heterocycles. The van der Waals surface area contributed by atoms with Crippen molar-refractivity contribution in [2.75, 3.05) is 5.32 Å². The number of thiazole rings is 1. The van der Waals surface area contributed by atoms with Crippen LogP contribution < -0.4 is 5.32 Å². The van der Waals surface area contributed by atoms with Crippen LogP contribution in [0.1, 0.15) is 35.1 Å². The van der Waals surface area contributed by atoms with Crippen LogP contribution in [-0.2, 0) is 0 Å². The smallest absolute Gasteiger partial charge is 0.299 e. The summed E-state index contributed by atoms with van der Waals surface area (Å²) in [4.78, 5) is 5.81. The van der Waals surface area contributed by atoms with Crippen molar-refractivity contribution in [2.45, 2.75) is 26.3 Å². The zero-order chi connectivity index (χ0) is 19.8. The van der Waals surface area contributed by atoms with Crippen molar-refractivity contribution >= 4 is 34.4 Å². The largest absolute Gasteiger partial charge is 0.360 e. The van der Waals surface area contributed by atoms with E-state index in [2.05, 4.69) is 20.6 Å². The SMILES string of the molecule is Cc1sc(C(C)Nc2ccc3nnc(C(F)F)n3n2)nc1-c1ccc(Cl)cc1. The van der Waals surface area contributed by atoms with Crippen molar-refractivity contribution in [3.05, 3.63) is 57.1 Å². The molecule has 3 heterocycles. The molecule has 10 heteroatoms. The third-order valence-electron chi connectivity index (χ3n) is 4.15. The Morgan fingerprint density at radius 1 is 1.11 bits per heavy atom. The fourth-order valence-electron chi connectivity index (χ4n) is 2.78. The normalized spacial score (nSPS) is 12.6. The standard InChI is InChI=1S/C18H15ClF2N6S/c1-9(18-23-15(10(2)28-18)11-3-5-12(19)6-4-11)22-13-7-8-14-24-25-17(16(20)21)27(14)26-13/h3-9,16H,1-2H3,(H,22,26). The van der Waals surface area contributed by atoms with Gasteiger partial charge >= 0.3 is 0 Å². The van der Waals surface area contributed by atoms with Gasteiger partial charge in [0.25, 0.3) is 6.43 Å². The molecule has 0 bridgehead atoms. The van der Waals surface area contributed by atoms with Crippen molar-refractivity contribution < 1.29 is 8.78 Å². The van der Waals surface area contributed by atoms with Crippen molar-refractivity contribution in [1.82, 2.24) is 24.8 Å². The molecule has 0 amide bonds. The number of halogens is 3. The van der Waals surface area contributed by atoms with E-state index in [1.54, 1.807) is 23.5 Å². The average molecular weight is 421 g/mol. The zero-order valence-electron chi connectivity index (χ0n) is 14.9. The summed E-state index contributed by atoms with van der Waals surface area (Å²) in [5.74, 6) is -0.0518. The van der Waals surface area contributed by atoms with Crippen LogP contribution >= 0.6 is 22.9 Å². The molecule has 0 aliphatic carbocycles. The summed E-state index contributed by atoms with van der Waals surface area (Å²) < 4.78 is 27.1. The molecule has 4 aromatic rings. The molecule has 1 atom stereocenters. The molecule has 6 nitrogen and oxygen atoms in total. The van der Waals surface area contributed by atoms with Crippen LogP contribution in [0.4, 0.5) is 14.6 Å². The number of benzene rings is 1. The van der Waals surface area contributed by atoms with E-state index >= 15 is 0 Å². The molecule has 144 valence electrons. The molecule has 4 rings (SSSR count). The fourth-order valence-corrected chi connectivity index (χ4v) is 3.85. The number of aromatic nitrogens is 5. The summed E-state index contributed by atoms with van der Waals surface area (Å²) in [6, 6.07) is 10.6. The van der Waals surface area contributed by atoms with Gasteiger partial charge in [0.05, 0.1) is 11.7 Å². The number of nitrogens with zero attached hydrogens (tertiary/aromatic N) is 5. The molecule has 0 fully saturated rings. The predicted molar refractivity (Wildman–Crippen MR) is 105 cm³/mol. The summed E-state index contributed by atoms with van der Waals surface area (Å²) >= 11 is 7.52. The number of hydrogen-bond acceptors (Lipinski definition) is 6. The lowest BCUT2D eigenvalue weighted by molar-refractivity contribution is 0.137. The Balaban J connectivity index is 1.59. The van der Waals surface area contributed by atoms with E-state index in [-0.39, 0.29) is 11.7 Å². The highest BCUT2D eigenvalue weighted by Crippen LogP contribution is 2.32. The molecule has 0 spiro atoms. The molecule has 0 aliphatic heterocycles. The van der Waals surface area contributed by atoms with Crippen molar-refractivity contribution in [1.29, 1.82) is 0 Å². The highest BCUT2D eigenvalue weighted by molar-refractivity contribution is 7.12. The van der Waals surface area contributed by atoms with Gasteiger partial charge in [-0.2, -0.15) is 4.52 Å². The first-order valence-electron chi connectivity index (χ1n) is 8.42. The Morgan fingerprint density at radius 3 is 2.57 bits per heavy atom. The van der Waals surface area contributed by atoms with Gasteiger partial charge in [0.2, 0.25) is 5.82 Å². The van der Waals surface area contributed by atoms with Gasteiger partial charge in [-0.3, -0.25) is 0 Å². The number of fused-ring (bicyclic) bond motifs is 1. The molecule has 0 saturated carbocycles. The van der Waals surface area contributed by atoms with Crippen LogP contribution in [0.5, 0.6) is 0 Å². The van der Waals surface area contributed by atoms with Crippen LogP contribution in [0.2, 0.25) is 5.02 Å². The van der Waals surface area contributed by atoms with Gasteiger partial charge in [-0.1, -0.05) is 23.7 Å². The Labute approximate surface area is 168 Å². The lowest BCUT2D eigenvalue weighted by Gasteiger charge is -2.12. The third-order valence-corrected chi connectivity index (χ3v) is 5.55. The number of aryl methyl sites for hydroxylation is 1. The van der Waals surface area contributed by atoms with E-state index in [1.807, 2.05) is 38.1 Å². The van der Waals surface area contributed by atoms with E-state index in [1.165, 1.54) is 0 Å². The van der Waals surface area contributed by atoms with Crippen molar-refractivity contribution in [3.63, 3.8) is 0 Å². The predicted octanol–water partition coefficient (Wildman–Crippen LogP) is 5.32. The number of alkyl halides is 2. The van der Waals surface area contributed by atoms with Crippen LogP contribution in [0.15, 0.2) is 36.4 Å². The van der Waals surface area contributed by atoms with Gasteiger partial charge in [-0.25, -0.2) is 13.8 Å². The van der Waals surface area contributed by atoms with Gasteiger partial charge in [-0.05, 0) is 38.1 Å². The van der Waals surface area contributed by atoms with Crippen LogP contribution in [0, 0.1) is 6.92 Å². The van der Waals surface area contributed by atoms with Crippen molar-refractivity contribution in [2.24, 2.45) is 0 Å². The first-order chi connectivity index (χ1) is 13.4. The minimum absolute atomic E-state index is 0.166. The summed E-state index contributed by atoms with van der Waals surface area (Å²) in [7, 11) is 0. The van der Waals surface area contributed by atoms with Gasteiger partial charge in [0.15, 0.2) is 5.65 Å². The molecule has 1 aromatic carbocycles. The van der Waals surface area contributed by atoms with E-state index < -0.39 is 12.2 Å². The van der Waals surface area contributed by atoms with Crippen LogP contribution in [0.25, 0.3) is 16.9 Å². The third kappa shape index (κ3) is 3.55. The maximum absolute atomic E-state index is 13.0. The highest BCUT2D eigenvalue weighted by atomic mass is 35.5. The summed E-state index contributed by atoms with van der Waals surface area (Å²) in [5.41, 5.74) is 2.15. The minimum Gasteiger partial charge on any atom is -0.360 e. The van der Waals surface area contributed by atoms with Gasteiger partial charge in [-0.15, -0.1) is 26.6 Å². The molecular formula is C18H15ClF2N6S. The average Bonchev–Trinajstić information content (AvgIpc) is 3.26. The molecule has 0 radical (unpaired) electrons. The lowest BCUT2D eigenvalue weighted by atomic mass is 10.1. The first-order valence-corrected chi connectivity index (χ1v) is 9.62. The highest BCUT2D eigenvalue weighted by Gasteiger charge is 2.19. The topological polar surface area (TPSA) is 68.0 Å². The molecular weight excluding hydrogens is 406 g/mol. The quantitative estimate of drug-likeness (QED) is 0.473. The van der Waals surface area contributed by atoms with Gasteiger partial charge < -0.3 is 5.32 Å². The van der Waals surface area contributed by atoms with E-state index in [0.29, 0.717) is 10.8 Å². The Morgan fingerprint density at radius 2 is 1.86 bits per heavy atom. The van der Waals surface area contributed by atoms with Crippen LogP contribution in [0.3, 0.4) is 0 Å². The Bertz CT molecular complexity index is 1130. The Kier molecular flexibility index (Phi) is 4.94.